The number of fused-ring (bicyclic) bond motifs is 2. The van der Waals surface area contributed by atoms with Crippen LogP contribution >= 0.6 is 0 Å². The number of aryl methyl sites for hydroxylation is 1. The number of benzene rings is 1. The summed E-state index contributed by atoms with van der Waals surface area (Å²) in [5, 5.41) is 2.86. The third-order valence-electron chi connectivity index (χ3n) is 5.94. The highest BCUT2D eigenvalue weighted by Crippen LogP contribution is 2.50. The van der Waals surface area contributed by atoms with Crippen molar-refractivity contribution >= 4 is 11.7 Å². The van der Waals surface area contributed by atoms with Crippen LogP contribution in [0.4, 0.5) is 23.7 Å². The van der Waals surface area contributed by atoms with E-state index in [2.05, 4.69) is 26.9 Å². The van der Waals surface area contributed by atoms with Gasteiger partial charge < -0.3 is 15.0 Å². The first kappa shape index (κ1) is 20.6. The summed E-state index contributed by atoms with van der Waals surface area (Å²) in [4.78, 5) is 22.7. The standard InChI is InChI=1S/C21H23F3N4O2/c1-12-5-16-8-21(7-12,11-30-19(23)24)28(16)20(29)27-15-4-3-13(2)17(6-15)18-25-9-14(22)10-26-18/h3-4,6,9-10,12,16,19H,5,7-8,11H2,1-2H3,(H,27,29)/t12-,16+,21-/m1/s1. The average molecular weight is 420 g/mol. The number of halogens is 3. The van der Waals surface area contributed by atoms with Gasteiger partial charge in [-0.2, -0.15) is 8.78 Å². The highest BCUT2D eigenvalue weighted by Gasteiger charge is 2.58. The zero-order chi connectivity index (χ0) is 21.5. The number of hydrogen-bond acceptors (Lipinski definition) is 4. The molecule has 1 aromatic heterocycles. The minimum Gasteiger partial charge on any atom is -0.320 e. The van der Waals surface area contributed by atoms with Crippen LogP contribution in [0.2, 0.25) is 0 Å². The van der Waals surface area contributed by atoms with E-state index < -0.39 is 18.0 Å². The molecule has 0 spiro atoms. The Hall–Kier alpha value is -2.68. The fourth-order valence-electron chi connectivity index (χ4n) is 4.83. The summed E-state index contributed by atoms with van der Waals surface area (Å²) < 4.78 is 43.0. The van der Waals surface area contributed by atoms with Gasteiger partial charge in [0.05, 0.1) is 24.5 Å². The van der Waals surface area contributed by atoms with Gasteiger partial charge in [0.25, 0.3) is 0 Å². The summed E-state index contributed by atoms with van der Waals surface area (Å²) in [6.07, 6.45) is 4.31. The second-order valence-corrected chi connectivity index (χ2v) is 8.25. The van der Waals surface area contributed by atoms with E-state index in [0.29, 0.717) is 35.8 Å². The van der Waals surface area contributed by atoms with Gasteiger partial charge in [0, 0.05) is 17.3 Å². The lowest BCUT2D eigenvalue weighted by Gasteiger charge is -2.63. The molecule has 0 aliphatic carbocycles. The van der Waals surface area contributed by atoms with Crippen LogP contribution in [-0.2, 0) is 4.74 Å². The molecule has 0 unspecified atom stereocenters. The van der Waals surface area contributed by atoms with Crippen molar-refractivity contribution in [3.8, 4) is 11.4 Å². The highest BCUT2D eigenvalue weighted by molar-refractivity contribution is 5.91. The lowest BCUT2D eigenvalue weighted by molar-refractivity contribution is -0.194. The van der Waals surface area contributed by atoms with Crippen LogP contribution in [0.5, 0.6) is 0 Å². The number of alkyl halides is 2. The first-order chi connectivity index (χ1) is 14.3. The van der Waals surface area contributed by atoms with E-state index in [1.54, 1.807) is 17.0 Å². The van der Waals surface area contributed by atoms with Gasteiger partial charge in [0.2, 0.25) is 0 Å². The first-order valence-electron chi connectivity index (χ1n) is 9.86. The molecule has 2 amide bonds. The molecule has 2 bridgehead atoms. The number of carbonyl (C=O) groups is 1. The maximum Gasteiger partial charge on any atom is 0.345 e. The van der Waals surface area contributed by atoms with Gasteiger partial charge in [-0.05, 0) is 49.8 Å². The quantitative estimate of drug-likeness (QED) is 0.767. The molecule has 1 aromatic carbocycles. The molecule has 0 saturated carbocycles. The fourth-order valence-corrected chi connectivity index (χ4v) is 4.83. The molecule has 6 nitrogen and oxygen atoms in total. The molecule has 2 aromatic rings. The number of urea groups is 1. The van der Waals surface area contributed by atoms with Gasteiger partial charge in [-0.1, -0.05) is 13.0 Å². The number of hydrogen-bond donors (Lipinski definition) is 1. The Morgan fingerprint density at radius 3 is 2.77 bits per heavy atom. The zero-order valence-corrected chi connectivity index (χ0v) is 16.7. The Morgan fingerprint density at radius 1 is 1.33 bits per heavy atom. The van der Waals surface area contributed by atoms with Crippen molar-refractivity contribution in [3.63, 3.8) is 0 Å². The van der Waals surface area contributed by atoms with E-state index >= 15 is 0 Å². The number of piperidine rings is 1. The van der Waals surface area contributed by atoms with Crippen LogP contribution in [0.15, 0.2) is 30.6 Å². The molecule has 4 rings (SSSR count). The van der Waals surface area contributed by atoms with E-state index in [9.17, 15) is 18.0 Å². The number of ether oxygens (including phenoxy) is 1. The monoisotopic (exact) mass is 420 g/mol. The molecule has 2 fully saturated rings. The zero-order valence-electron chi connectivity index (χ0n) is 16.7. The second-order valence-electron chi connectivity index (χ2n) is 8.25. The van der Waals surface area contributed by atoms with E-state index in [0.717, 1.165) is 24.4 Å². The average Bonchev–Trinajstić information content (AvgIpc) is 2.68. The molecular weight excluding hydrogens is 397 g/mol. The smallest absolute Gasteiger partial charge is 0.320 e. The van der Waals surface area contributed by atoms with Crippen molar-refractivity contribution < 1.29 is 22.7 Å². The summed E-state index contributed by atoms with van der Waals surface area (Å²) >= 11 is 0. The maximum absolute atomic E-state index is 13.1. The van der Waals surface area contributed by atoms with E-state index in [-0.39, 0.29) is 18.7 Å². The van der Waals surface area contributed by atoms with E-state index in [1.807, 2.05) is 13.0 Å². The molecule has 3 atom stereocenters. The van der Waals surface area contributed by atoms with Crippen LogP contribution in [0.3, 0.4) is 0 Å². The number of nitrogens with zero attached hydrogens (tertiary/aromatic N) is 3. The Morgan fingerprint density at radius 2 is 2.07 bits per heavy atom. The Kier molecular flexibility index (Phi) is 5.40. The number of anilines is 1. The maximum atomic E-state index is 13.1. The first-order valence-corrected chi connectivity index (χ1v) is 9.86. The van der Waals surface area contributed by atoms with Crippen LogP contribution in [0.25, 0.3) is 11.4 Å². The number of rotatable bonds is 5. The van der Waals surface area contributed by atoms with E-state index in [1.165, 1.54) is 0 Å². The molecule has 2 aliphatic heterocycles. The van der Waals surface area contributed by atoms with Crippen LogP contribution < -0.4 is 5.32 Å². The third kappa shape index (κ3) is 3.86. The SMILES string of the molecule is Cc1ccc(NC(=O)N2[C@H]3C[C@@H](C)C[C@]2(COC(F)F)C3)cc1-c1ncc(F)cn1. The van der Waals surface area contributed by atoms with Gasteiger partial charge in [0.15, 0.2) is 11.6 Å². The number of aromatic nitrogens is 2. The predicted molar refractivity (Wildman–Crippen MR) is 105 cm³/mol. The Labute approximate surface area is 172 Å². The molecule has 160 valence electrons. The molecule has 9 heteroatoms. The van der Waals surface area contributed by atoms with Crippen molar-refractivity contribution in [1.29, 1.82) is 0 Å². The molecule has 2 saturated heterocycles. The summed E-state index contributed by atoms with van der Waals surface area (Å²) in [5.74, 6) is 0.160. The summed E-state index contributed by atoms with van der Waals surface area (Å²) in [6, 6.07) is 4.96. The molecule has 3 heterocycles. The summed E-state index contributed by atoms with van der Waals surface area (Å²) in [6.45, 7) is 0.886. The van der Waals surface area contributed by atoms with Crippen molar-refractivity contribution in [3.05, 3.63) is 42.0 Å². The molecule has 2 aliphatic rings. The fraction of sp³-hybridized carbons (Fsp3) is 0.476. The molecular formula is C21H23F3N4O2. The largest absolute Gasteiger partial charge is 0.345 e. The lowest BCUT2D eigenvalue weighted by atomic mass is 9.65. The highest BCUT2D eigenvalue weighted by atomic mass is 19.3. The van der Waals surface area contributed by atoms with Gasteiger partial charge in [-0.3, -0.25) is 0 Å². The predicted octanol–water partition coefficient (Wildman–Crippen LogP) is 4.61. The Bertz CT molecular complexity index is 940. The van der Waals surface area contributed by atoms with Crippen LogP contribution in [0, 0.1) is 18.7 Å². The van der Waals surface area contributed by atoms with Gasteiger partial charge in [-0.15, -0.1) is 0 Å². The van der Waals surface area contributed by atoms with Crippen LogP contribution in [-0.4, -0.2) is 45.7 Å². The summed E-state index contributed by atoms with van der Waals surface area (Å²) in [7, 11) is 0. The number of nitrogens with one attached hydrogen (secondary N) is 1. The number of carbonyl (C=O) groups excluding carboxylic acids is 1. The normalized spacial score (nSPS) is 25.2. The topological polar surface area (TPSA) is 67.4 Å². The summed E-state index contributed by atoms with van der Waals surface area (Å²) in [5.41, 5.74) is 1.37. The number of amides is 2. The van der Waals surface area contributed by atoms with Gasteiger partial charge in [-0.25, -0.2) is 19.2 Å². The van der Waals surface area contributed by atoms with Crippen molar-refractivity contribution in [2.45, 2.75) is 51.3 Å². The van der Waals surface area contributed by atoms with Crippen molar-refractivity contribution in [2.75, 3.05) is 11.9 Å². The third-order valence-corrected chi connectivity index (χ3v) is 5.94. The Balaban J connectivity index is 1.53. The lowest BCUT2D eigenvalue weighted by Crippen LogP contribution is -2.74. The molecule has 1 N–H and O–H groups in total. The second kappa shape index (κ2) is 7.86. The molecule has 30 heavy (non-hydrogen) atoms. The van der Waals surface area contributed by atoms with Crippen molar-refractivity contribution in [1.82, 2.24) is 14.9 Å². The van der Waals surface area contributed by atoms with Crippen LogP contribution in [0.1, 0.15) is 31.7 Å². The van der Waals surface area contributed by atoms with Crippen molar-refractivity contribution in [2.24, 2.45) is 5.92 Å². The minimum absolute atomic E-state index is 0.0142. The molecule has 0 radical (unpaired) electrons. The van der Waals surface area contributed by atoms with Gasteiger partial charge in [0.1, 0.15) is 0 Å². The van der Waals surface area contributed by atoms with E-state index in [4.69, 9.17) is 0 Å². The van der Waals surface area contributed by atoms with Gasteiger partial charge >= 0.3 is 12.6 Å². The minimum atomic E-state index is -2.86.